The highest BCUT2D eigenvalue weighted by atomic mass is 32.2. The van der Waals surface area contributed by atoms with Crippen molar-refractivity contribution in [1.82, 2.24) is 4.31 Å². The summed E-state index contributed by atoms with van der Waals surface area (Å²) in [6, 6.07) is 1.66. The van der Waals surface area contributed by atoms with E-state index in [1.54, 1.807) is 6.07 Å². The van der Waals surface area contributed by atoms with Crippen molar-refractivity contribution < 1.29 is 18.3 Å². The average Bonchev–Trinajstić information content (AvgIpc) is 2.92. The Bertz CT molecular complexity index is 569. The van der Waals surface area contributed by atoms with Gasteiger partial charge < -0.3 is 9.84 Å². The molecular weight excluding hydrogens is 286 g/mol. The first-order valence-electron chi connectivity index (χ1n) is 6.36. The molecule has 1 aromatic rings. The molecule has 0 spiro atoms. The molecule has 7 heteroatoms. The van der Waals surface area contributed by atoms with Crippen molar-refractivity contribution in [1.29, 1.82) is 0 Å². The molecule has 19 heavy (non-hydrogen) atoms. The molecule has 0 aliphatic carbocycles. The summed E-state index contributed by atoms with van der Waals surface area (Å²) in [6.07, 6.45) is 1.99. The van der Waals surface area contributed by atoms with Crippen LogP contribution >= 0.6 is 11.3 Å². The van der Waals surface area contributed by atoms with Crippen LogP contribution in [0.25, 0.3) is 0 Å². The minimum absolute atomic E-state index is 0.0481. The molecule has 5 nitrogen and oxygen atoms in total. The van der Waals surface area contributed by atoms with Crippen LogP contribution in [0.15, 0.2) is 10.3 Å². The first-order chi connectivity index (χ1) is 9.00. The highest BCUT2D eigenvalue weighted by Gasteiger charge is 2.39. The van der Waals surface area contributed by atoms with Gasteiger partial charge in [0.2, 0.25) is 0 Å². The van der Waals surface area contributed by atoms with Crippen LogP contribution in [-0.2, 0) is 21.4 Å². The van der Waals surface area contributed by atoms with E-state index in [4.69, 9.17) is 4.74 Å². The smallest absolute Gasteiger partial charge is 0.252 e. The normalized spacial score (nSPS) is 27.9. The molecule has 2 saturated heterocycles. The van der Waals surface area contributed by atoms with Gasteiger partial charge in [-0.2, -0.15) is 4.31 Å². The Morgan fingerprint density at radius 1 is 1.42 bits per heavy atom. The van der Waals surface area contributed by atoms with Crippen molar-refractivity contribution in [2.24, 2.45) is 0 Å². The summed E-state index contributed by atoms with van der Waals surface area (Å²) in [5.41, 5.74) is 0.835. The SMILES string of the molecule is Cc1cc(S(=O)(=O)N2CC3CCC(C2)O3)sc1CO. The largest absolute Gasteiger partial charge is 0.391 e. The number of aryl methyl sites for hydroxylation is 1. The molecule has 2 atom stereocenters. The monoisotopic (exact) mass is 303 g/mol. The van der Waals surface area contributed by atoms with E-state index in [1.807, 2.05) is 6.92 Å². The third kappa shape index (κ3) is 2.34. The number of hydrogen-bond acceptors (Lipinski definition) is 5. The van der Waals surface area contributed by atoms with Crippen LogP contribution in [0.1, 0.15) is 23.3 Å². The molecule has 0 saturated carbocycles. The Morgan fingerprint density at radius 3 is 2.58 bits per heavy atom. The molecule has 1 N–H and O–H groups in total. The number of hydrogen-bond donors (Lipinski definition) is 1. The number of aliphatic hydroxyl groups is 1. The minimum atomic E-state index is -3.44. The van der Waals surface area contributed by atoms with Gasteiger partial charge in [-0.15, -0.1) is 11.3 Å². The van der Waals surface area contributed by atoms with Crippen molar-refractivity contribution in [3.8, 4) is 0 Å². The zero-order valence-electron chi connectivity index (χ0n) is 10.7. The van der Waals surface area contributed by atoms with Crippen LogP contribution in [0.5, 0.6) is 0 Å². The summed E-state index contributed by atoms with van der Waals surface area (Å²) >= 11 is 1.16. The number of aliphatic hydroxyl groups excluding tert-OH is 1. The molecule has 106 valence electrons. The van der Waals surface area contributed by atoms with E-state index in [2.05, 4.69) is 0 Å². The fourth-order valence-electron chi connectivity index (χ4n) is 2.67. The summed E-state index contributed by atoms with van der Waals surface area (Å²) in [5, 5.41) is 9.18. The van der Waals surface area contributed by atoms with Gasteiger partial charge in [0, 0.05) is 18.0 Å². The van der Waals surface area contributed by atoms with Crippen LogP contribution in [-0.4, -0.2) is 43.1 Å². The molecule has 0 radical (unpaired) electrons. The molecule has 0 aromatic carbocycles. The Balaban J connectivity index is 1.89. The van der Waals surface area contributed by atoms with Gasteiger partial charge in [-0.25, -0.2) is 8.42 Å². The quantitative estimate of drug-likeness (QED) is 0.908. The fraction of sp³-hybridized carbons (Fsp3) is 0.667. The number of morpholine rings is 1. The molecule has 3 heterocycles. The van der Waals surface area contributed by atoms with E-state index in [9.17, 15) is 13.5 Å². The number of nitrogens with zero attached hydrogens (tertiary/aromatic N) is 1. The van der Waals surface area contributed by atoms with Gasteiger partial charge in [0.15, 0.2) is 0 Å². The summed E-state index contributed by atoms with van der Waals surface area (Å²) in [7, 11) is -3.44. The van der Waals surface area contributed by atoms with Gasteiger partial charge in [0.25, 0.3) is 10.0 Å². The maximum absolute atomic E-state index is 12.6. The molecule has 2 aliphatic heterocycles. The Labute approximate surface area is 116 Å². The second-order valence-corrected chi connectivity index (χ2v) is 8.41. The first kappa shape index (κ1) is 13.5. The lowest BCUT2D eigenvalue weighted by Crippen LogP contribution is -2.45. The highest BCUT2D eigenvalue weighted by Crippen LogP contribution is 2.33. The van der Waals surface area contributed by atoms with Gasteiger partial charge in [-0.1, -0.05) is 0 Å². The molecule has 2 bridgehead atoms. The Morgan fingerprint density at radius 2 is 2.05 bits per heavy atom. The molecule has 0 amide bonds. The zero-order chi connectivity index (χ0) is 13.6. The average molecular weight is 303 g/mol. The number of ether oxygens (including phenoxy) is 1. The summed E-state index contributed by atoms with van der Waals surface area (Å²) in [5.74, 6) is 0. The lowest BCUT2D eigenvalue weighted by atomic mass is 10.2. The van der Waals surface area contributed by atoms with E-state index in [0.717, 1.165) is 34.6 Å². The molecular formula is C12H17NO4S2. The summed E-state index contributed by atoms with van der Waals surface area (Å²) < 4.78 is 32.7. The van der Waals surface area contributed by atoms with Crippen LogP contribution in [0.3, 0.4) is 0 Å². The van der Waals surface area contributed by atoms with Gasteiger partial charge in [0.05, 0.1) is 18.8 Å². The van der Waals surface area contributed by atoms with Crippen molar-refractivity contribution in [3.63, 3.8) is 0 Å². The standard InChI is InChI=1S/C12H17NO4S2/c1-8-4-12(18-11(8)7-14)19(15,16)13-5-9-2-3-10(6-13)17-9/h4,9-10,14H,2-3,5-7H2,1H3. The van der Waals surface area contributed by atoms with Crippen molar-refractivity contribution in [3.05, 3.63) is 16.5 Å². The number of fused-ring (bicyclic) bond motifs is 2. The third-order valence-electron chi connectivity index (χ3n) is 3.75. The summed E-state index contributed by atoms with van der Waals surface area (Å²) in [6.45, 7) is 2.61. The van der Waals surface area contributed by atoms with E-state index < -0.39 is 10.0 Å². The van der Waals surface area contributed by atoms with E-state index in [-0.39, 0.29) is 18.8 Å². The van der Waals surface area contributed by atoms with E-state index >= 15 is 0 Å². The van der Waals surface area contributed by atoms with Crippen LogP contribution in [0.4, 0.5) is 0 Å². The number of rotatable bonds is 3. The molecule has 2 fully saturated rings. The van der Waals surface area contributed by atoms with E-state index in [1.165, 1.54) is 4.31 Å². The Kier molecular flexibility index (Phi) is 3.43. The van der Waals surface area contributed by atoms with Gasteiger partial charge in [0.1, 0.15) is 4.21 Å². The molecule has 2 aliphatic rings. The molecule has 1 aromatic heterocycles. The van der Waals surface area contributed by atoms with Crippen LogP contribution in [0.2, 0.25) is 0 Å². The van der Waals surface area contributed by atoms with Crippen molar-refractivity contribution in [2.45, 2.75) is 42.8 Å². The maximum Gasteiger partial charge on any atom is 0.252 e. The van der Waals surface area contributed by atoms with Crippen molar-refractivity contribution >= 4 is 21.4 Å². The van der Waals surface area contributed by atoms with Gasteiger partial charge in [-0.05, 0) is 31.4 Å². The molecule has 2 unspecified atom stereocenters. The van der Waals surface area contributed by atoms with Crippen LogP contribution < -0.4 is 0 Å². The predicted molar refractivity (Wildman–Crippen MR) is 71.6 cm³/mol. The topological polar surface area (TPSA) is 66.8 Å². The first-order valence-corrected chi connectivity index (χ1v) is 8.62. The highest BCUT2D eigenvalue weighted by molar-refractivity contribution is 7.91. The van der Waals surface area contributed by atoms with Gasteiger partial charge in [-0.3, -0.25) is 0 Å². The predicted octanol–water partition coefficient (Wildman–Crippen LogP) is 1.10. The minimum Gasteiger partial charge on any atom is -0.391 e. The maximum atomic E-state index is 12.6. The third-order valence-corrected chi connectivity index (χ3v) is 7.25. The second-order valence-electron chi connectivity index (χ2n) is 5.11. The van der Waals surface area contributed by atoms with Crippen molar-refractivity contribution in [2.75, 3.05) is 13.1 Å². The lowest BCUT2D eigenvalue weighted by molar-refractivity contribution is -0.0114. The fourth-order valence-corrected chi connectivity index (χ4v) is 5.78. The molecule has 3 rings (SSSR count). The lowest BCUT2D eigenvalue weighted by Gasteiger charge is -2.30. The number of sulfonamides is 1. The zero-order valence-corrected chi connectivity index (χ0v) is 12.3. The second kappa shape index (κ2) is 4.82. The summed E-state index contributed by atoms with van der Waals surface area (Å²) in [4.78, 5) is 0.717. The van der Waals surface area contributed by atoms with E-state index in [0.29, 0.717) is 17.3 Å². The van der Waals surface area contributed by atoms with Gasteiger partial charge >= 0.3 is 0 Å². The van der Waals surface area contributed by atoms with Crippen LogP contribution in [0, 0.1) is 6.92 Å². The number of thiophene rings is 1. The Hall–Kier alpha value is -0.470.